The molecule has 8 heteroatoms. The molecule has 1 fully saturated rings. The van der Waals surface area contributed by atoms with Gasteiger partial charge in [0.1, 0.15) is 11.1 Å². The third-order valence-electron chi connectivity index (χ3n) is 3.61. The first kappa shape index (κ1) is 19.8. The minimum absolute atomic E-state index is 0.0978. The predicted octanol–water partition coefficient (Wildman–Crippen LogP) is 2.18. The van der Waals surface area contributed by atoms with E-state index in [-0.39, 0.29) is 36.0 Å². The quantitative estimate of drug-likeness (QED) is 0.458. The Bertz CT molecular complexity index is 744. The summed E-state index contributed by atoms with van der Waals surface area (Å²) in [6, 6.07) is 10.6. The Kier molecular flexibility index (Phi) is 6.66. The lowest BCUT2D eigenvalue weighted by Gasteiger charge is -2.34. The second-order valence-electron chi connectivity index (χ2n) is 5.44. The van der Waals surface area contributed by atoms with Gasteiger partial charge in [-0.15, -0.1) is 11.8 Å². The number of nitriles is 1. The fraction of sp³-hybridized carbons (Fsp3) is 0.389. The molecular weight excluding hydrogens is 356 g/mol. The maximum atomic E-state index is 12.2. The Morgan fingerprint density at radius 1 is 1.27 bits per heavy atom. The number of esters is 2. The third kappa shape index (κ3) is 4.18. The van der Waals surface area contributed by atoms with E-state index in [9.17, 15) is 20.0 Å². The van der Waals surface area contributed by atoms with Gasteiger partial charge in [-0.2, -0.15) is 5.26 Å². The Balaban J connectivity index is 2.51. The van der Waals surface area contributed by atoms with Crippen molar-refractivity contribution in [2.24, 2.45) is 0 Å². The van der Waals surface area contributed by atoms with Crippen molar-refractivity contribution in [3.05, 3.63) is 40.9 Å². The molecule has 138 valence electrons. The Morgan fingerprint density at radius 2 is 1.92 bits per heavy atom. The minimum atomic E-state index is -1.62. The summed E-state index contributed by atoms with van der Waals surface area (Å²) in [5, 5.41) is 20.9. The highest BCUT2D eigenvalue weighted by atomic mass is 32.2. The lowest BCUT2D eigenvalue weighted by Crippen LogP contribution is -2.47. The van der Waals surface area contributed by atoms with Crippen LogP contribution in [0.3, 0.4) is 0 Å². The summed E-state index contributed by atoms with van der Waals surface area (Å²) in [5.41, 5.74) is -1.28. The Labute approximate surface area is 156 Å². The van der Waals surface area contributed by atoms with E-state index in [4.69, 9.17) is 9.47 Å². The molecule has 0 amide bonds. The average molecular weight is 376 g/mol. The van der Waals surface area contributed by atoms with Gasteiger partial charge in [-0.05, 0) is 26.0 Å². The van der Waals surface area contributed by atoms with Gasteiger partial charge in [-0.1, -0.05) is 18.2 Å². The fourth-order valence-corrected chi connectivity index (χ4v) is 3.85. The van der Waals surface area contributed by atoms with Gasteiger partial charge in [-0.25, -0.2) is 4.79 Å². The number of thioether (sulfide) groups is 1. The van der Waals surface area contributed by atoms with Gasteiger partial charge in [0.25, 0.3) is 0 Å². The molecule has 1 aliphatic rings. The van der Waals surface area contributed by atoms with Crippen molar-refractivity contribution in [1.29, 1.82) is 5.26 Å². The number of hydrogen-bond donors (Lipinski definition) is 1. The zero-order valence-electron chi connectivity index (χ0n) is 14.6. The number of ether oxygens (including phenoxy) is 2. The maximum Gasteiger partial charge on any atom is 0.351 e. The summed E-state index contributed by atoms with van der Waals surface area (Å²) >= 11 is 1.12. The zero-order chi connectivity index (χ0) is 19.2. The third-order valence-corrected chi connectivity index (χ3v) is 4.88. The van der Waals surface area contributed by atoms with Crippen molar-refractivity contribution in [3.63, 3.8) is 0 Å². The van der Waals surface area contributed by atoms with Crippen LogP contribution in [0.1, 0.15) is 20.3 Å². The SMILES string of the molecule is CCOC(=O)CC1(O)CS/C(=C(\C#N)C(=O)OCC)N1c1ccccc1. The van der Waals surface area contributed by atoms with Crippen LogP contribution in [0, 0.1) is 11.3 Å². The van der Waals surface area contributed by atoms with E-state index in [2.05, 4.69) is 0 Å². The Hall–Kier alpha value is -2.50. The Morgan fingerprint density at radius 3 is 2.50 bits per heavy atom. The van der Waals surface area contributed by atoms with Crippen LogP contribution >= 0.6 is 11.8 Å². The van der Waals surface area contributed by atoms with Crippen LogP contribution in [0.4, 0.5) is 5.69 Å². The van der Waals surface area contributed by atoms with Crippen LogP contribution in [0.15, 0.2) is 40.9 Å². The number of nitrogens with zero attached hydrogens (tertiary/aromatic N) is 2. The highest BCUT2D eigenvalue weighted by Gasteiger charge is 2.47. The van der Waals surface area contributed by atoms with Crippen molar-refractivity contribution < 1.29 is 24.2 Å². The number of anilines is 1. The van der Waals surface area contributed by atoms with Crippen LogP contribution in [0.25, 0.3) is 0 Å². The first-order chi connectivity index (χ1) is 12.5. The summed E-state index contributed by atoms with van der Waals surface area (Å²) in [6.45, 7) is 3.65. The fourth-order valence-electron chi connectivity index (χ4n) is 2.58. The molecule has 1 aromatic rings. The lowest BCUT2D eigenvalue weighted by atomic mass is 10.1. The van der Waals surface area contributed by atoms with Crippen LogP contribution in [-0.4, -0.2) is 41.7 Å². The van der Waals surface area contributed by atoms with E-state index in [1.165, 1.54) is 4.90 Å². The summed E-state index contributed by atoms with van der Waals surface area (Å²) in [5.74, 6) is -1.23. The second-order valence-corrected chi connectivity index (χ2v) is 6.40. The molecular formula is C18H20N2O5S. The highest BCUT2D eigenvalue weighted by molar-refractivity contribution is 8.03. The summed E-state index contributed by atoms with van der Waals surface area (Å²) < 4.78 is 9.90. The van der Waals surface area contributed by atoms with Crippen molar-refractivity contribution in [2.75, 3.05) is 23.9 Å². The molecule has 0 saturated carbocycles. The molecule has 26 heavy (non-hydrogen) atoms. The summed E-state index contributed by atoms with van der Waals surface area (Å²) in [7, 11) is 0. The van der Waals surface area contributed by atoms with Crippen molar-refractivity contribution >= 4 is 29.4 Å². The van der Waals surface area contributed by atoms with E-state index in [0.29, 0.717) is 5.69 Å². The summed E-state index contributed by atoms with van der Waals surface area (Å²) in [4.78, 5) is 25.6. The van der Waals surface area contributed by atoms with Crippen LogP contribution < -0.4 is 4.90 Å². The number of carbonyl (C=O) groups excluding carboxylic acids is 2. The number of para-hydroxylation sites is 1. The van der Waals surface area contributed by atoms with Crippen LogP contribution in [0.2, 0.25) is 0 Å². The largest absolute Gasteiger partial charge is 0.466 e. The normalized spacial score (nSPS) is 21.1. The first-order valence-electron chi connectivity index (χ1n) is 8.14. The highest BCUT2D eigenvalue weighted by Crippen LogP contribution is 2.45. The number of aliphatic hydroxyl groups is 1. The van der Waals surface area contributed by atoms with Gasteiger partial charge in [0.2, 0.25) is 0 Å². The van der Waals surface area contributed by atoms with Crippen molar-refractivity contribution in [2.45, 2.75) is 26.0 Å². The molecule has 1 unspecified atom stereocenters. The van der Waals surface area contributed by atoms with Gasteiger partial charge in [0.05, 0.1) is 19.6 Å². The number of benzene rings is 1. The lowest BCUT2D eigenvalue weighted by molar-refractivity contribution is -0.147. The molecule has 1 atom stereocenters. The van der Waals surface area contributed by atoms with Crippen LogP contribution in [0.5, 0.6) is 0 Å². The van der Waals surface area contributed by atoms with E-state index in [1.54, 1.807) is 44.2 Å². The van der Waals surface area contributed by atoms with E-state index >= 15 is 0 Å². The molecule has 1 heterocycles. The number of rotatable bonds is 6. The smallest absolute Gasteiger partial charge is 0.351 e. The topological polar surface area (TPSA) is 99.9 Å². The van der Waals surface area contributed by atoms with E-state index in [1.807, 2.05) is 6.07 Å². The molecule has 0 aliphatic carbocycles. The van der Waals surface area contributed by atoms with E-state index in [0.717, 1.165) is 11.8 Å². The van der Waals surface area contributed by atoms with Gasteiger partial charge in [0.15, 0.2) is 11.3 Å². The first-order valence-corrected chi connectivity index (χ1v) is 9.13. The summed E-state index contributed by atoms with van der Waals surface area (Å²) in [6.07, 6.45) is -0.298. The molecule has 0 spiro atoms. The molecule has 1 aromatic carbocycles. The molecule has 1 N–H and O–H groups in total. The van der Waals surface area contributed by atoms with Gasteiger partial charge >= 0.3 is 11.9 Å². The molecule has 2 rings (SSSR count). The molecule has 0 radical (unpaired) electrons. The standard InChI is InChI=1S/C18H20N2O5S/c1-3-24-15(21)10-18(23)12-26-16(14(11-19)17(22)25-4-2)20(18)13-8-6-5-7-9-13/h5-9,23H,3-4,10,12H2,1-2H3/b16-14+. The number of carbonyl (C=O) groups is 2. The van der Waals surface area contributed by atoms with E-state index < -0.39 is 17.7 Å². The second kappa shape index (κ2) is 8.74. The van der Waals surface area contributed by atoms with Gasteiger partial charge < -0.3 is 19.5 Å². The van der Waals surface area contributed by atoms with Crippen molar-refractivity contribution in [1.82, 2.24) is 0 Å². The van der Waals surface area contributed by atoms with Crippen LogP contribution in [-0.2, 0) is 19.1 Å². The molecule has 1 aliphatic heterocycles. The molecule has 7 nitrogen and oxygen atoms in total. The van der Waals surface area contributed by atoms with Crippen molar-refractivity contribution in [3.8, 4) is 6.07 Å². The molecule has 0 bridgehead atoms. The average Bonchev–Trinajstić information content (AvgIpc) is 2.93. The zero-order valence-corrected chi connectivity index (χ0v) is 15.4. The van der Waals surface area contributed by atoms with Gasteiger partial charge in [-0.3, -0.25) is 4.79 Å². The number of hydrogen-bond acceptors (Lipinski definition) is 8. The molecule has 1 saturated heterocycles. The maximum absolute atomic E-state index is 12.2. The van der Waals surface area contributed by atoms with Gasteiger partial charge in [0, 0.05) is 11.4 Å². The monoisotopic (exact) mass is 376 g/mol. The predicted molar refractivity (Wildman–Crippen MR) is 96.9 cm³/mol. The minimum Gasteiger partial charge on any atom is -0.466 e. The molecule has 0 aromatic heterocycles.